The van der Waals surface area contributed by atoms with Gasteiger partial charge in [-0.1, -0.05) is 0 Å². The number of Topliss-reactive ketones (excluding diaryl/α,β-unsaturated/α-hetero) is 1. The summed E-state index contributed by atoms with van der Waals surface area (Å²) in [7, 11) is 3.12. The summed E-state index contributed by atoms with van der Waals surface area (Å²) < 4.78 is 21.5. The van der Waals surface area contributed by atoms with Crippen molar-refractivity contribution in [2.75, 3.05) is 33.2 Å². The van der Waals surface area contributed by atoms with E-state index in [1.54, 1.807) is 32.4 Å². The largest absolute Gasteiger partial charge is 0.493 e. The molecule has 6 heteroatoms. The highest BCUT2D eigenvalue weighted by atomic mass is 32.2. The van der Waals surface area contributed by atoms with Crippen molar-refractivity contribution in [3.63, 3.8) is 0 Å². The Kier molecular flexibility index (Phi) is 5.15. The first-order valence-electron chi connectivity index (χ1n) is 7.49. The zero-order valence-corrected chi connectivity index (χ0v) is 14.4. The summed E-state index contributed by atoms with van der Waals surface area (Å²) in [5.41, 5.74) is 0.595. The molecule has 3 rings (SSSR count). The number of benzene rings is 2. The molecule has 0 amide bonds. The van der Waals surface area contributed by atoms with Crippen LogP contribution in [0.25, 0.3) is 0 Å². The molecule has 126 valence electrons. The number of hydrogen-bond acceptors (Lipinski definition) is 6. The van der Waals surface area contributed by atoms with Gasteiger partial charge in [0.05, 0.1) is 20.0 Å². The minimum Gasteiger partial charge on any atom is -0.493 e. The van der Waals surface area contributed by atoms with E-state index in [4.69, 9.17) is 18.9 Å². The highest BCUT2D eigenvalue weighted by Crippen LogP contribution is 2.34. The Labute approximate surface area is 144 Å². The van der Waals surface area contributed by atoms with E-state index >= 15 is 0 Å². The van der Waals surface area contributed by atoms with E-state index in [-0.39, 0.29) is 5.78 Å². The highest BCUT2D eigenvalue weighted by molar-refractivity contribution is 8.00. The molecule has 0 radical (unpaired) electrons. The Hall–Kier alpha value is -2.34. The van der Waals surface area contributed by atoms with E-state index in [2.05, 4.69) is 0 Å². The summed E-state index contributed by atoms with van der Waals surface area (Å²) in [4.78, 5) is 13.4. The molecule has 0 fully saturated rings. The zero-order valence-electron chi connectivity index (χ0n) is 13.5. The number of ether oxygens (including phenoxy) is 4. The lowest BCUT2D eigenvalue weighted by atomic mass is 10.1. The number of carbonyl (C=O) groups excluding carboxylic acids is 1. The Bertz CT molecular complexity index is 744. The second-order valence-electron chi connectivity index (χ2n) is 5.09. The first-order chi connectivity index (χ1) is 11.7. The second kappa shape index (κ2) is 7.49. The van der Waals surface area contributed by atoms with Crippen LogP contribution in [-0.2, 0) is 0 Å². The quantitative estimate of drug-likeness (QED) is 0.590. The standard InChI is InChI=1S/C18H18O5S/c1-20-15-5-3-12(9-17(15)21-2)14(19)11-24-13-4-6-16-18(10-13)23-8-7-22-16/h3-6,9-10H,7-8,11H2,1-2H3. The molecule has 0 saturated carbocycles. The van der Waals surface area contributed by atoms with Gasteiger partial charge in [-0.3, -0.25) is 4.79 Å². The lowest BCUT2D eigenvalue weighted by Crippen LogP contribution is -2.15. The summed E-state index contributed by atoms with van der Waals surface area (Å²) in [5, 5.41) is 0. The van der Waals surface area contributed by atoms with Crippen molar-refractivity contribution in [3.05, 3.63) is 42.0 Å². The number of methoxy groups -OCH3 is 2. The van der Waals surface area contributed by atoms with Crippen LogP contribution in [0.4, 0.5) is 0 Å². The third-order valence-electron chi connectivity index (χ3n) is 3.59. The van der Waals surface area contributed by atoms with E-state index in [0.717, 1.165) is 16.4 Å². The van der Waals surface area contributed by atoms with Crippen molar-refractivity contribution in [1.29, 1.82) is 0 Å². The molecule has 0 unspecified atom stereocenters. The molecule has 0 bridgehead atoms. The van der Waals surface area contributed by atoms with Gasteiger partial charge in [0.2, 0.25) is 0 Å². The Morgan fingerprint density at radius 3 is 2.50 bits per heavy atom. The lowest BCUT2D eigenvalue weighted by molar-refractivity contribution is 0.102. The predicted octanol–water partition coefficient (Wildman–Crippen LogP) is 3.45. The smallest absolute Gasteiger partial charge is 0.173 e. The van der Waals surface area contributed by atoms with Gasteiger partial charge in [-0.25, -0.2) is 0 Å². The molecular formula is C18H18O5S. The Morgan fingerprint density at radius 1 is 1.00 bits per heavy atom. The maximum atomic E-state index is 12.4. The number of thioether (sulfide) groups is 1. The number of ketones is 1. The fraction of sp³-hybridized carbons (Fsp3) is 0.278. The molecule has 0 aromatic heterocycles. The first-order valence-corrected chi connectivity index (χ1v) is 8.47. The number of carbonyl (C=O) groups is 1. The molecule has 2 aromatic carbocycles. The summed E-state index contributed by atoms with van der Waals surface area (Å²) in [6.45, 7) is 1.11. The summed E-state index contributed by atoms with van der Waals surface area (Å²) >= 11 is 1.46. The maximum Gasteiger partial charge on any atom is 0.173 e. The average molecular weight is 346 g/mol. The van der Waals surface area contributed by atoms with Gasteiger partial charge in [0.1, 0.15) is 13.2 Å². The third-order valence-corrected chi connectivity index (χ3v) is 4.58. The van der Waals surface area contributed by atoms with E-state index in [1.165, 1.54) is 11.8 Å². The van der Waals surface area contributed by atoms with Gasteiger partial charge in [0, 0.05) is 10.5 Å². The molecule has 0 spiro atoms. The molecule has 1 aliphatic heterocycles. The van der Waals surface area contributed by atoms with Crippen molar-refractivity contribution in [2.24, 2.45) is 0 Å². The van der Waals surface area contributed by atoms with Crippen LogP contribution in [0.15, 0.2) is 41.3 Å². The summed E-state index contributed by atoms with van der Waals surface area (Å²) in [6, 6.07) is 10.9. The molecule has 1 heterocycles. The normalized spacial score (nSPS) is 12.6. The first kappa shape index (κ1) is 16.5. The molecular weight excluding hydrogens is 328 g/mol. The second-order valence-corrected chi connectivity index (χ2v) is 6.14. The minimum absolute atomic E-state index is 0.0239. The van der Waals surface area contributed by atoms with E-state index < -0.39 is 0 Å². The topological polar surface area (TPSA) is 54.0 Å². The lowest BCUT2D eigenvalue weighted by Gasteiger charge is -2.18. The van der Waals surface area contributed by atoms with Gasteiger partial charge in [0.15, 0.2) is 28.8 Å². The number of fused-ring (bicyclic) bond motifs is 1. The monoisotopic (exact) mass is 346 g/mol. The van der Waals surface area contributed by atoms with Crippen molar-refractivity contribution in [3.8, 4) is 23.0 Å². The number of rotatable bonds is 6. The van der Waals surface area contributed by atoms with Gasteiger partial charge in [0.25, 0.3) is 0 Å². The van der Waals surface area contributed by atoms with Crippen molar-refractivity contribution < 1.29 is 23.7 Å². The molecule has 0 atom stereocenters. The van der Waals surface area contributed by atoms with E-state index in [0.29, 0.717) is 36.0 Å². The van der Waals surface area contributed by atoms with Gasteiger partial charge in [-0.2, -0.15) is 0 Å². The zero-order chi connectivity index (χ0) is 16.9. The van der Waals surface area contributed by atoms with Crippen molar-refractivity contribution >= 4 is 17.5 Å². The van der Waals surface area contributed by atoms with Gasteiger partial charge in [-0.05, 0) is 36.4 Å². The van der Waals surface area contributed by atoms with Crippen LogP contribution in [0.3, 0.4) is 0 Å². The molecule has 0 saturated heterocycles. The minimum atomic E-state index is 0.0239. The molecule has 1 aliphatic rings. The maximum absolute atomic E-state index is 12.4. The van der Waals surface area contributed by atoms with Gasteiger partial charge in [-0.15, -0.1) is 11.8 Å². The van der Waals surface area contributed by atoms with E-state index in [9.17, 15) is 4.79 Å². The Balaban J connectivity index is 1.67. The van der Waals surface area contributed by atoms with Crippen LogP contribution in [0.1, 0.15) is 10.4 Å². The van der Waals surface area contributed by atoms with Crippen LogP contribution in [-0.4, -0.2) is 39.0 Å². The van der Waals surface area contributed by atoms with E-state index in [1.807, 2.05) is 18.2 Å². The van der Waals surface area contributed by atoms with Crippen LogP contribution in [0.2, 0.25) is 0 Å². The highest BCUT2D eigenvalue weighted by Gasteiger charge is 2.14. The van der Waals surface area contributed by atoms with Crippen LogP contribution in [0.5, 0.6) is 23.0 Å². The van der Waals surface area contributed by atoms with Crippen LogP contribution < -0.4 is 18.9 Å². The van der Waals surface area contributed by atoms with Crippen LogP contribution >= 0.6 is 11.8 Å². The van der Waals surface area contributed by atoms with Crippen molar-refractivity contribution in [1.82, 2.24) is 0 Å². The fourth-order valence-corrected chi connectivity index (χ4v) is 3.17. The SMILES string of the molecule is COc1ccc(C(=O)CSc2ccc3c(c2)OCCO3)cc1OC. The molecule has 5 nitrogen and oxygen atoms in total. The molecule has 0 N–H and O–H groups in total. The molecule has 24 heavy (non-hydrogen) atoms. The molecule has 2 aromatic rings. The summed E-state index contributed by atoms with van der Waals surface area (Å²) in [5.74, 6) is 2.98. The van der Waals surface area contributed by atoms with Crippen LogP contribution in [0, 0.1) is 0 Å². The number of hydrogen-bond donors (Lipinski definition) is 0. The fourth-order valence-electron chi connectivity index (χ4n) is 2.36. The summed E-state index contributed by atoms with van der Waals surface area (Å²) in [6.07, 6.45) is 0. The molecule has 0 aliphatic carbocycles. The van der Waals surface area contributed by atoms with Crippen molar-refractivity contribution in [2.45, 2.75) is 4.90 Å². The van der Waals surface area contributed by atoms with Gasteiger partial charge >= 0.3 is 0 Å². The predicted molar refractivity (Wildman–Crippen MR) is 92.0 cm³/mol. The third kappa shape index (κ3) is 3.59. The average Bonchev–Trinajstić information content (AvgIpc) is 2.65. The Morgan fingerprint density at radius 2 is 1.75 bits per heavy atom. The van der Waals surface area contributed by atoms with Gasteiger partial charge < -0.3 is 18.9 Å².